The van der Waals surface area contributed by atoms with E-state index in [1.165, 1.54) is 0 Å². The van der Waals surface area contributed by atoms with Crippen LogP contribution in [0.1, 0.15) is 38.7 Å². The zero-order chi connectivity index (χ0) is 13.4. The van der Waals surface area contributed by atoms with Crippen molar-refractivity contribution in [1.29, 1.82) is 0 Å². The summed E-state index contributed by atoms with van der Waals surface area (Å²) in [5, 5.41) is 3.04. The molecule has 1 amide bonds. The SMILES string of the molecule is CO[C@]1(C(C)(C)C)NC(=O)C[C@@H]1c1ccccc1. The summed E-state index contributed by atoms with van der Waals surface area (Å²) in [5.74, 6) is 0.108. The fourth-order valence-electron chi connectivity index (χ4n) is 2.92. The summed E-state index contributed by atoms with van der Waals surface area (Å²) in [4.78, 5) is 11.9. The van der Waals surface area contributed by atoms with Gasteiger partial charge in [-0.15, -0.1) is 0 Å². The van der Waals surface area contributed by atoms with Crippen LogP contribution >= 0.6 is 0 Å². The van der Waals surface area contributed by atoms with Crippen molar-refractivity contribution in [2.75, 3.05) is 7.11 Å². The molecule has 3 heteroatoms. The lowest BCUT2D eigenvalue weighted by atomic mass is 9.73. The molecule has 1 aliphatic heterocycles. The van der Waals surface area contributed by atoms with Crippen LogP contribution in [0.3, 0.4) is 0 Å². The molecule has 0 bridgehead atoms. The molecule has 1 fully saturated rings. The maximum atomic E-state index is 11.9. The van der Waals surface area contributed by atoms with Gasteiger partial charge in [0.05, 0.1) is 0 Å². The van der Waals surface area contributed by atoms with Gasteiger partial charge in [0.2, 0.25) is 5.91 Å². The lowest BCUT2D eigenvalue weighted by Gasteiger charge is -2.44. The number of ether oxygens (including phenoxy) is 1. The highest BCUT2D eigenvalue weighted by Gasteiger charge is 2.55. The molecule has 1 aromatic carbocycles. The predicted molar refractivity (Wildman–Crippen MR) is 71.1 cm³/mol. The Balaban J connectivity index is 2.48. The van der Waals surface area contributed by atoms with Gasteiger partial charge in [0.15, 0.2) is 5.72 Å². The highest BCUT2D eigenvalue weighted by molar-refractivity contribution is 5.81. The quantitative estimate of drug-likeness (QED) is 0.872. The second-order valence-corrected chi connectivity index (χ2v) is 5.91. The molecule has 0 radical (unpaired) electrons. The van der Waals surface area contributed by atoms with E-state index >= 15 is 0 Å². The van der Waals surface area contributed by atoms with Gasteiger partial charge in [-0.05, 0) is 5.56 Å². The fraction of sp³-hybridized carbons (Fsp3) is 0.533. The monoisotopic (exact) mass is 247 g/mol. The minimum atomic E-state index is -0.633. The number of nitrogens with one attached hydrogen (secondary N) is 1. The van der Waals surface area contributed by atoms with Gasteiger partial charge < -0.3 is 10.1 Å². The summed E-state index contributed by atoms with van der Waals surface area (Å²) in [7, 11) is 1.67. The maximum Gasteiger partial charge on any atom is 0.223 e. The van der Waals surface area contributed by atoms with E-state index in [1.807, 2.05) is 18.2 Å². The normalized spacial score (nSPS) is 28.2. The van der Waals surface area contributed by atoms with E-state index in [4.69, 9.17) is 4.74 Å². The second-order valence-electron chi connectivity index (χ2n) is 5.91. The van der Waals surface area contributed by atoms with Gasteiger partial charge in [-0.25, -0.2) is 0 Å². The van der Waals surface area contributed by atoms with Crippen molar-refractivity contribution in [3.8, 4) is 0 Å². The molecule has 1 N–H and O–H groups in total. The summed E-state index contributed by atoms with van der Waals surface area (Å²) in [6.07, 6.45) is 0.481. The van der Waals surface area contributed by atoms with Crippen molar-refractivity contribution in [2.45, 2.75) is 38.8 Å². The molecule has 1 saturated heterocycles. The molecule has 3 nitrogen and oxygen atoms in total. The number of hydrogen-bond donors (Lipinski definition) is 1. The standard InChI is InChI=1S/C15H21NO2/c1-14(2,3)15(18-4)12(10-13(17)16-15)11-8-6-5-7-9-11/h5-9,12H,10H2,1-4H3,(H,16,17)/t12-,15-/m1/s1. The Morgan fingerprint density at radius 1 is 1.28 bits per heavy atom. The van der Waals surface area contributed by atoms with E-state index < -0.39 is 5.72 Å². The molecule has 18 heavy (non-hydrogen) atoms. The molecule has 0 aliphatic carbocycles. The number of hydrogen-bond acceptors (Lipinski definition) is 2. The van der Waals surface area contributed by atoms with Gasteiger partial charge in [-0.1, -0.05) is 51.1 Å². The van der Waals surface area contributed by atoms with Crippen LogP contribution in [0.25, 0.3) is 0 Å². The maximum absolute atomic E-state index is 11.9. The van der Waals surface area contributed by atoms with Crippen molar-refractivity contribution in [1.82, 2.24) is 5.32 Å². The third-order valence-electron chi connectivity index (χ3n) is 3.84. The highest BCUT2D eigenvalue weighted by Crippen LogP contribution is 2.47. The molecule has 0 aromatic heterocycles. The lowest BCUT2D eigenvalue weighted by Crippen LogP contribution is -2.56. The molecule has 0 spiro atoms. The number of methoxy groups -OCH3 is 1. The smallest absolute Gasteiger partial charge is 0.223 e. The van der Waals surface area contributed by atoms with E-state index in [1.54, 1.807) is 7.11 Å². The Kier molecular flexibility index (Phi) is 3.20. The van der Waals surface area contributed by atoms with Crippen molar-refractivity contribution >= 4 is 5.91 Å². The first-order valence-corrected chi connectivity index (χ1v) is 6.32. The van der Waals surface area contributed by atoms with E-state index in [-0.39, 0.29) is 17.2 Å². The number of amides is 1. The van der Waals surface area contributed by atoms with E-state index in [9.17, 15) is 4.79 Å². The van der Waals surface area contributed by atoms with E-state index in [2.05, 4.69) is 38.2 Å². The minimum absolute atomic E-state index is 0.0520. The van der Waals surface area contributed by atoms with Crippen molar-refractivity contribution in [2.24, 2.45) is 5.41 Å². The molecule has 1 aromatic rings. The Labute approximate surface area is 109 Å². The van der Waals surface area contributed by atoms with Crippen LogP contribution in [0.15, 0.2) is 30.3 Å². The average Bonchev–Trinajstić information content (AvgIpc) is 2.68. The topological polar surface area (TPSA) is 38.3 Å². The molecule has 0 unspecified atom stereocenters. The first-order valence-electron chi connectivity index (χ1n) is 6.32. The summed E-state index contributed by atoms with van der Waals surface area (Å²) in [5.41, 5.74) is 0.340. The van der Waals surface area contributed by atoms with Gasteiger partial charge in [0.1, 0.15) is 0 Å². The summed E-state index contributed by atoms with van der Waals surface area (Å²) in [6.45, 7) is 6.29. The van der Waals surface area contributed by atoms with Crippen LogP contribution in [-0.2, 0) is 9.53 Å². The molecule has 0 saturated carbocycles. The molecular weight excluding hydrogens is 226 g/mol. The Morgan fingerprint density at radius 2 is 1.89 bits per heavy atom. The van der Waals surface area contributed by atoms with Gasteiger partial charge in [-0.2, -0.15) is 0 Å². The summed E-state index contributed by atoms with van der Waals surface area (Å²) >= 11 is 0. The van der Waals surface area contributed by atoms with E-state index in [0.717, 1.165) is 5.56 Å². The van der Waals surface area contributed by atoms with Gasteiger partial charge >= 0.3 is 0 Å². The molecule has 2 atom stereocenters. The first kappa shape index (κ1) is 13.1. The summed E-state index contributed by atoms with van der Waals surface area (Å²) < 4.78 is 5.77. The van der Waals surface area contributed by atoms with Gasteiger partial charge in [0.25, 0.3) is 0 Å². The van der Waals surface area contributed by atoms with E-state index in [0.29, 0.717) is 6.42 Å². The number of rotatable bonds is 2. The fourth-order valence-corrected chi connectivity index (χ4v) is 2.92. The third kappa shape index (κ3) is 1.93. The first-order chi connectivity index (χ1) is 8.40. The predicted octanol–water partition coefficient (Wildman–Crippen LogP) is 2.68. The van der Waals surface area contributed by atoms with Crippen molar-refractivity contribution < 1.29 is 9.53 Å². The Bertz CT molecular complexity index is 436. The highest BCUT2D eigenvalue weighted by atomic mass is 16.5. The second kappa shape index (κ2) is 4.39. The Morgan fingerprint density at radius 3 is 2.39 bits per heavy atom. The van der Waals surface area contributed by atoms with Crippen LogP contribution in [0, 0.1) is 5.41 Å². The molecule has 1 heterocycles. The van der Waals surface area contributed by atoms with Crippen LogP contribution in [0.4, 0.5) is 0 Å². The van der Waals surface area contributed by atoms with Gasteiger partial charge in [0, 0.05) is 24.9 Å². The minimum Gasteiger partial charge on any atom is -0.358 e. The van der Waals surface area contributed by atoms with Crippen LogP contribution in [-0.4, -0.2) is 18.7 Å². The van der Waals surface area contributed by atoms with Crippen molar-refractivity contribution in [3.05, 3.63) is 35.9 Å². The third-order valence-corrected chi connectivity index (χ3v) is 3.84. The Hall–Kier alpha value is -1.35. The molecular formula is C15H21NO2. The molecule has 1 aliphatic rings. The van der Waals surface area contributed by atoms with Crippen molar-refractivity contribution in [3.63, 3.8) is 0 Å². The zero-order valence-corrected chi connectivity index (χ0v) is 11.5. The van der Waals surface area contributed by atoms with Crippen LogP contribution < -0.4 is 5.32 Å². The van der Waals surface area contributed by atoms with Gasteiger partial charge in [-0.3, -0.25) is 4.79 Å². The zero-order valence-electron chi connectivity index (χ0n) is 11.5. The number of carbonyl (C=O) groups is 1. The van der Waals surface area contributed by atoms with Crippen LogP contribution in [0.2, 0.25) is 0 Å². The average molecular weight is 247 g/mol. The molecule has 2 rings (SSSR count). The largest absolute Gasteiger partial charge is 0.358 e. The van der Waals surface area contributed by atoms with Crippen LogP contribution in [0.5, 0.6) is 0 Å². The molecule has 98 valence electrons. The lowest BCUT2D eigenvalue weighted by molar-refractivity contribution is -0.136. The number of benzene rings is 1. The number of carbonyl (C=O) groups excluding carboxylic acids is 1. The summed E-state index contributed by atoms with van der Waals surface area (Å²) in [6, 6.07) is 10.1.